The number of ether oxygens (including phenoxy) is 2. The second-order valence-corrected chi connectivity index (χ2v) is 5.38. The van der Waals surface area contributed by atoms with Gasteiger partial charge in [0.05, 0.1) is 19.9 Å². The molecule has 0 radical (unpaired) electrons. The van der Waals surface area contributed by atoms with Gasteiger partial charge in [0, 0.05) is 18.0 Å². The fraction of sp³-hybridized carbons (Fsp3) is 0.176. The number of methoxy groups -OCH3 is 1. The van der Waals surface area contributed by atoms with Gasteiger partial charge >= 0.3 is 0 Å². The smallest absolute Gasteiger partial charge is 0.216 e. The Balaban J connectivity index is 1.93. The van der Waals surface area contributed by atoms with Crippen LogP contribution in [-0.4, -0.2) is 39.8 Å². The Morgan fingerprint density at radius 1 is 1.32 bits per heavy atom. The van der Waals surface area contributed by atoms with E-state index in [1.54, 1.807) is 30.4 Å². The van der Waals surface area contributed by atoms with E-state index in [1.165, 1.54) is 0 Å². The van der Waals surface area contributed by atoms with Crippen molar-refractivity contribution in [2.45, 2.75) is 6.92 Å². The van der Waals surface area contributed by atoms with Crippen LogP contribution < -0.4 is 9.47 Å². The first-order chi connectivity index (χ1) is 12.2. The summed E-state index contributed by atoms with van der Waals surface area (Å²) in [5.74, 6) is 1.93. The van der Waals surface area contributed by atoms with Gasteiger partial charge in [0.1, 0.15) is 0 Å². The maximum absolute atomic E-state index is 5.52. The van der Waals surface area contributed by atoms with Crippen LogP contribution in [-0.2, 0) is 0 Å². The van der Waals surface area contributed by atoms with Crippen molar-refractivity contribution in [2.75, 3.05) is 13.7 Å². The summed E-state index contributed by atoms with van der Waals surface area (Å²) in [6.45, 7) is 2.50. The minimum absolute atomic E-state index is 0.396. The van der Waals surface area contributed by atoms with Crippen LogP contribution in [0.5, 0.6) is 11.5 Å². The summed E-state index contributed by atoms with van der Waals surface area (Å²) < 4.78 is 12.8. The summed E-state index contributed by atoms with van der Waals surface area (Å²) in [5.41, 5.74) is 1.66. The maximum Gasteiger partial charge on any atom is 0.216 e. The average molecular weight is 355 g/mol. The molecule has 0 atom stereocenters. The summed E-state index contributed by atoms with van der Waals surface area (Å²) in [6, 6.07) is 9.31. The Morgan fingerprint density at radius 3 is 2.92 bits per heavy atom. The van der Waals surface area contributed by atoms with Gasteiger partial charge in [0.25, 0.3) is 0 Å². The predicted octanol–water partition coefficient (Wildman–Crippen LogP) is 3.29. The van der Waals surface area contributed by atoms with Gasteiger partial charge in [-0.1, -0.05) is 0 Å². The molecule has 0 saturated carbocycles. The Bertz CT molecular complexity index is 934. The number of nitrogens with one attached hydrogen (secondary N) is 1. The Hall–Kier alpha value is -3.00. The molecule has 0 fully saturated rings. The second kappa shape index (κ2) is 7.71. The molecular formula is C17H17N5O2S. The highest BCUT2D eigenvalue weighted by molar-refractivity contribution is 7.71. The van der Waals surface area contributed by atoms with Crippen LogP contribution in [0.2, 0.25) is 0 Å². The Morgan fingerprint density at radius 2 is 2.20 bits per heavy atom. The lowest BCUT2D eigenvalue weighted by molar-refractivity contribution is 0.311. The van der Waals surface area contributed by atoms with E-state index >= 15 is 0 Å². The average Bonchev–Trinajstić information content (AvgIpc) is 3.02. The number of rotatable bonds is 6. The van der Waals surface area contributed by atoms with Crippen molar-refractivity contribution in [3.05, 3.63) is 53.1 Å². The van der Waals surface area contributed by atoms with Gasteiger partial charge in [-0.25, -0.2) is 5.10 Å². The first-order valence-corrected chi connectivity index (χ1v) is 8.06. The van der Waals surface area contributed by atoms with Crippen LogP contribution >= 0.6 is 12.2 Å². The first-order valence-electron chi connectivity index (χ1n) is 7.66. The highest BCUT2D eigenvalue weighted by atomic mass is 32.1. The number of benzene rings is 1. The molecule has 0 saturated heterocycles. The predicted molar refractivity (Wildman–Crippen MR) is 97.8 cm³/mol. The molecule has 8 heteroatoms. The van der Waals surface area contributed by atoms with E-state index in [2.05, 4.69) is 20.3 Å². The van der Waals surface area contributed by atoms with Crippen molar-refractivity contribution in [3.8, 4) is 22.9 Å². The van der Waals surface area contributed by atoms with Gasteiger partial charge in [-0.2, -0.15) is 14.9 Å². The molecule has 0 bridgehead atoms. The van der Waals surface area contributed by atoms with E-state index in [0.29, 0.717) is 28.7 Å². The molecule has 25 heavy (non-hydrogen) atoms. The molecule has 0 aliphatic heterocycles. The number of aromatic amines is 1. The van der Waals surface area contributed by atoms with Gasteiger partial charge in [-0.05, 0) is 55.0 Å². The van der Waals surface area contributed by atoms with Crippen LogP contribution in [0.3, 0.4) is 0 Å². The molecule has 3 aromatic rings. The lowest BCUT2D eigenvalue weighted by atomic mass is 10.2. The van der Waals surface area contributed by atoms with Gasteiger partial charge in [0.15, 0.2) is 17.3 Å². The topological polar surface area (TPSA) is 77.3 Å². The normalized spacial score (nSPS) is 11.0. The quantitative estimate of drug-likeness (QED) is 0.542. The summed E-state index contributed by atoms with van der Waals surface area (Å²) in [4.78, 5) is 4.10. The van der Waals surface area contributed by atoms with Crippen LogP contribution in [0.25, 0.3) is 11.4 Å². The van der Waals surface area contributed by atoms with E-state index in [4.69, 9.17) is 21.7 Å². The number of H-pyrrole nitrogens is 1. The molecule has 0 unspecified atom stereocenters. The van der Waals surface area contributed by atoms with Gasteiger partial charge in [-0.15, -0.1) is 0 Å². The molecule has 2 heterocycles. The minimum atomic E-state index is 0.396. The van der Waals surface area contributed by atoms with Gasteiger partial charge < -0.3 is 9.47 Å². The first kappa shape index (κ1) is 16.8. The number of aromatic nitrogens is 4. The van der Waals surface area contributed by atoms with E-state index in [0.717, 1.165) is 11.1 Å². The van der Waals surface area contributed by atoms with E-state index in [-0.39, 0.29) is 0 Å². The molecule has 0 aliphatic carbocycles. The maximum atomic E-state index is 5.52. The molecule has 0 aliphatic rings. The minimum Gasteiger partial charge on any atom is -0.493 e. The van der Waals surface area contributed by atoms with Gasteiger partial charge in [0.2, 0.25) is 4.77 Å². The van der Waals surface area contributed by atoms with Crippen molar-refractivity contribution in [3.63, 3.8) is 0 Å². The highest BCUT2D eigenvalue weighted by Gasteiger charge is 2.08. The van der Waals surface area contributed by atoms with Crippen LogP contribution in [0.15, 0.2) is 47.8 Å². The monoisotopic (exact) mass is 355 g/mol. The number of hydrogen-bond donors (Lipinski definition) is 1. The molecular weight excluding hydrogens is 338 g/mol. The third-order valence-corrected chi connectivity index (χ3v) is 3.64. The molecule has 3 rings (SSSR count). The van der Waals surface area contributed by atoms with E-state index in [9.17, 15) is 0 Å². The summed E-state index contributed by atoms with van der Waals surface area (Å²) >= 11 is 5.26. The standard InChI is InChI=1S/C17H17N5O2S/c1-3-24-14-7-6-12(9-15(14)23-2)10-19-22-16(20-21-17(22)25)13-5-4-8-18-11-13/h4-11H,3H2,1-2H3,(H,21,25)/b19-10-. The van der Waals surface area contributed by atoms with Gasteiger partial charge in [-0.3, -0.25) is 4.98 Å². The highest BCUT2D eigenvalue weighted by Crippen LogP contribution is 2.27. The summed E-state index contributed by atoms with van der Waals surface area (Å²) in [7, 11) is 1.60. The third kappa shape index (κ3) is 3.74. The number of pyridine rings is 1. The molecule has 1 N–H and O–H groups in total. The molecule has 0 amide bonds. The van der Waals surface area contributed by atoms with Crippen molar-refractivity contribution < 1.29 is 9.47 Å². The third-order valence-electron chi connectivity index (χ3n) is 3.38. The van der Waals surface area contributed by atoms with Crippen molar-refractivity contribution in [1.29, 1.82) is 0 Å². The molecule has 2 aromatic heterocycles. The Kier molecular flexibility index (Phi) is 5.20. The summed E-state index contributed by atoms with van der Waals surface area (Å²) in [6.07, 6.45) is 5.09. The largest absolute Gasteiger partial charge is 0.493 e. The zero-order valence-electron chi connectivity index (χ0n) is 13.8. The Labute approximate surface area is 150 Å². The zero-order valence-corrected chi connectivity index (χ0v) is 14.7. The van der Waals surface area contributed by atoms with Crippen LogP contribution in [0.1, 0.15) is 12.5 Å². The van der Waals surface area contributed by atoms with Crippen molar-refractivity contribution >= 4 is 18.4 Å². The van der Waals surface area contributed by atoms with Crippen molar-refractivity contribution in [1.82, 2.24) is 19.9 Å². The fourth-order valence-corrected chi connectivity index (χ4v) is 2.42. The zero-order chi connectivity index (χ0) is 17.6. The van der Waals surface area contributed by atoms with E-state index in [1.807, 2.05) is 37.3 Å². The fourth-order valence-electron chi connectivity index (χ4n) is 2.24. The van der Waals surface area contributed by atoms with Crippen LogP contribution in [0.4, 0.5) is 0 Å². The number of hydrogen-bond acceptors (Lipinski definition) is 6. The molecule has 128 valence electrons. The second-order valence-electron chi connectivity index (χ2n) is 4.99. The summed E-state index contributed by atoms with van der Waals surface area (Å²) in [5, 5.41) is 11.4. The molecule has 0 spiro atoms. The molecule has 7 nitrogen and oxygen atoms in total. The lowest BCUT2D eigenvalue weighted by Gasteiger charge is -2.09. The SMILES string of the molecule is CCOc1ccc(/C=N\n2c(-c3cccnc3)n[nH]c2=S)cc1OC. The van der Waals surface area contributed by atoms with E-state index < -0.39 is 0 Å². The van der Waals surface area contributed by atoms with Crippen LogP contribution in [0, 0.1) is 4.77 Å². The number of nitrogens with zero attached hydrogens (tertiary/aromatic N) is 4. The van der Waals surface area contributed by atoms with Crippen molar-refractivity contribution in [2.24, 2.45) is 5.10 Å². The lowest BCUT2D eigenvalue weighted by Crippen LogP contribution is -1.98. The molecule has 1 aromatic carbocycles.